The normalized spacial score (nSPS) is 29.6. The number of nitrogens with one attached hydrogen (secondary N) is 1. The van der Waals surface area contributed by atoms with Crippen molar-refractivity contribution in [2.75, 3.05) is 18.6 Å². The van der Waals surface area contributed by atoms with E-state index in [2.05, 4.69) is 11.6 Å². The van der Waals surface area contributed by atoms with E-state index in [0.717, 1.165) is 50.8 Å². The van der Waals surface area contributed by atoms with Gasteiger partial charge in [0.15, 0.2) is 0 Å². The first-order valence-electron chi connectivity index (χ1n) is 7.80. The summed E-state index contributed by atoms with van der Waals surface area (Å²) >= 11 is 1.74. The van der Waals surface area contributed by atoms with E-state index in [9.17, 15) is 9.59 Å². The van der Waals surface area contributed by atoms with Crippen molar-refractivity contribution in [1.82, 2.24) is 10.2 Å². The Bertz CT molecular complexity index is 403. The molecule has 2 saturated carbocycles. The summed E-state index contributed by atoms with van der Waals surface area (Å²) in [7, 11) is 0. The van der Waals surface area contributed by atoms with Crippen molar-refractivity contribution in [1.29, 1.82) is 0 Å². The summed E-state index contributed by atoms with van der Waals surface area (Å²) in [5.41, 5.74) is -0.570. The highest BCUT2D eigenvalue weighted by atomic mass is 32.2. The fraction of sp³-hybridized carbons (Fsp3) is 0.867. The minimum absolute atomic E-state index is 0.107. The van der Waals surface area contributed by atoms with E-state index in [-0.39, 0.29) is 17.9 Å². The van der Waals surface area contributed by atoms with Gasteiger partial charge in [-0.05, 0) is 37.9 Å². The second-order valence-electron chi connectivity index (χ2n) is 6.41. The zero-order valence-corrected chi connectivity index (χ0v) is 13.0. The highest BCUT2D eigenvalue weighted by Crippen LogP contribution is 2.41. The standard InChI is InChI=1S/C15H24N2O2S/c1-20-10-9-17-12(11-5-6-11)13(18)16-15(14(17)19)7-3-2-4-8-15/h11-12H,2-10H2,1H3,(H,16,18). The molecule has 2 aliphatic carbocycles. The average molecular weight is 296 g/mol. The summed E-state index contributed by atoms with van der Waals surface area (Å²) in [6, 6.07) is -0.192. The Morgan fingerprint density at radius 1 is 1.25 bits per heavy atom. The lowest BCUT2D eigenvalue weighted by Gasteiger charge is -2.48. The van der Waals surface area contributed by atoms with Gasteiger partial charge in [0, 0.05) is 12.3 Å². The molecule has 3 fully saturated rings. The van der Waals surface area contributed by atoms with Gasteiger partial charge in [0.05, 0.1) is 0 Å². The third kappa shape index (κ3) is 2.45. The zero-order valence-electron chi connectivity index (χ0n) is 12.2. The predicted octanol–water partition coefficient (Wildman–Crippen LogP) is 1.79. The SMILES string of the molecule is CSCCN1C(=O)C2(CCCCC2)NC(=O)C1C1CC1. The van der Waals surface area contributed by atoms with Gasteiger partial charge in [-0.15, -0.1) is 0 Å². The van der Waals surface area contributed by atoms with E-state index in [0.29, 0.717) is 5.92 Å². The van der Waals surface area contributed by atoms with Crippen LogP contribution in [-0.2, 0) is 9.59 Å². The molecule has 1 atom stereocenters. The maximum atomic E-state index is 13.0. The van der Waals surface area contributed by atoms with Crippen molar-refractivity contribution in [2.24, 2.45) is 5.92 Å². The molecule has 1 unspecified atom stereocenters. The number of amides is 2. The van der Waals surface area contributed by atoms with E-state index in [1.54, 1.807) is 11.8 Å². The third-order valence-corrected chi connectivity index (χ3v) is 5.54. The van der Waals surface area contributed by atoms with Crippen LogP contribution in [-0.4, -0.2) is 46.8 Å². The summed E-state index contributed by atoms with van der Waals surface area (Å²) in [5.74, 6) is 1.62. The van der Waals surface area contributed by atoms with E-state index >= 15 is 0 Å². The summed E-state index contributed by atoms with van der Waals surface area (Å²) in [4.78, 5) is 27.5. The molecule has 3 rings (SSSR count). The Morgan fingerprint density at radius 2 is 1.95 bits per heavy atom. The van der Waals surface area contributed by atoms with Gasteiger partial charge in [0.2, 0.25) is 11.8 Å². The smallest absolute Gasteiger partial charge is 0.249 e. The van der Waals surface area contributed by atoms with Gasteiger partial charge < -0.3 is 10.2 Å². The molecule has 1 saturated heterocycles. The molecule has 20 heavy (non-hydrogen) atoms. The second kappa shape index (κ2) is 5.58. The topological polar surface area (TPSA) is 49.4 Å². The van der Waals surface area contributed by atoms with Crippen molar-refractivity contribution in [3.05, 3.63) is 0 Å². The van der Waals surface area contributed by atoms with Crippen LogP contribution in [0.15, 0.2) is 0 Å². The molecule has 1 heterocycles. The maximum Gasteiger partial charge on any atom is 0.249 e. The molecule has 0 radical (unpaired) electrons. The second-order valence-corrected chi connectivity index (χ2v) is 7.39. The average Bonchev–Trinajstić information content (AvgIpc) is 3.26. The van der Waals surface area contributed by atoms with Crippen molar-refractivity contribution in [3.63, 3.8) is 0 Å². The Balaban J connectivity index is 1.83. The van der Waals surface area contributed by atoms with Gasteiger partial charge >= 0.3 is 0 Å². The van der Waals surface area contributed by atoms with E-state index in [4.69, 9.17) is 0 Å². The number of hydrogen-bond acceptors (Lipinski definition) is 3. The molecule has 1 N–H and O–H groups in total. The molecule has 112 valence electrons. The molecule has 0 aromatic carbocycles. The fourth-order valence-electron chi connectivity index (χ4n) is 3.71. The molecule has 4 nitrogen and oxygen atoms in total. The van der Waals surface area contributed by atoms with Crippen LogP contribution in [0.4, 0.5) is 0 Å². The molecule has 0 bridgehead atoms. The number of rotatable bonds is 4. The van der Waals surface area contributed by atoms with Crippen LogP contribution < -0.4 is 5.32 Å². The van der Waals surface area contributed by atoms with Gasteiger partial charge in [-0.2, -0.15) is 11.8 Å². The van der Waals surface area contributed by atoms with Crippen LogP contribution in [0.1, 0.15) is 44.9 Å². The molecule has 5 heteroatoms. The lowest BCUT2D eigenvalue weighted by Crippen LogP contribution is -2.71. The van der Waals surface area contributed by atoms with Crippen LogP contribution in [0, 0.1) is 5.92 Å². The van der Waals surface area contributed by atoms with Crippen molar-refractivity contribution >= 4 is 23.6 Å². The number of hydrogen-bond donors (Lipinski definition) is 1. The monoisotopic (exact) mass is 296 g/mol. The van der Waals surface area contributed by atoms with Gasteiger partial charge in [-0.3, -0.25) is 9.59 Å². The first-order chi connectivity index (χ1) is 9.68. The summed E-state index contributed by atoms with van der Waals surface area (Å²) in [5, 5.41) is 3.12. The summed E-state index contributed by atoms with van der Waals surface area (Å²) in [6.07, 6.45) is 9.17. The lowest BCUT2D eigenvalue weighted by atomic mass is 9.78. The maximum absolute atomic E-state index is 13.0. The van der Waals surface area contributed by atoms with Gasteiger partial charge in [0.1, 0.15) is 11.6 Å². The number of carbonyl (C=O) groups is 2. The van der Waals surface area contributed by atoms with Crippen LogP contribution in [0.2, 0.25) is 0 Å². The highest BCUT2D eigenvalue weighted by Gasteiger charge is 2.54. The lowest BCUT2D eigenvalue weighted by molar-refractivity contribution is -0.157. The first-order valence-corrected chi connectivity index (χ1v) is 9.19. The number of carbonyl (C=O) groups excluding carboxylic acids is 2. The van der Waals surface area contributed by atoms with Crippen LogP contribution in [0.5, 0.6) is 0 Å². The predicted molar refractivity (Wildman–Crippen MR) is 80.6 cm³/mol. The molecule has 2 amide bonds. The van der Waals surface area contributed by atoms with E-state index in [1.807, 2.05) is 4.90 Å². The van der Waals surface area contributed by atoms with Crippen molar-refractivity contribution in [2.45, 2.75) is 56.5 Å². The quantitative estimate of drug-likeness (QED) is 0.860. The van der Waals surface area contributed by atoms with Gasteiger partial charge in [-0.1, -0.05) is 19.3 Å². The van der Waals surface area contributed by atoms with Crippen LogP contribution >= 0.6 is 11.8 Å². The molecular weight excluding hydrogens is 272 g/mol. The number of piperazine rings is 1. The summed E-state index contributed by atoms with van der Waals surface area (Å²) < 4.78 is 0. The number of nitrogens with zero attached hydrogens (tertiary/aromatic N) is 1. The zero-order chi connectivity index (χ0) is 14.2. The highest BCUT2D eigenvalue weighted by molar-refractivity contribution is 7.98. The van der Waals surface area contributed by atoms with Crippen molar-refractivity contribution in [3.8, 4) is 0 Å². The minimum atomic E-state index is -0.570. The fourth-order valence-corrected chi connectivity index (χ4v) is 4.09. The van der Waals surface area contributed by atoms with Crippen LogP contribution in [0.25, 0.3) is 0 Å². The van der Waals surface area contributed by atoms with E-state index in [1.165, 1.54) is 6.42 Å². The number of thioether (sulfide) groups is 1. The Morgan fingerprint density at radius 3 is 2.55 bits per heavy atom. The third-order valence-electron chi connectivity index (χ3n) is 4.95. The Hall–Kier alpha value is -0.710. The molecule has 1 spiro atoms. The Labute approximate surface area is 125 Å². The van der Waals surface area contributed by atoms with Crippen LogP contribution in [0.3, 0.4) is 0 Å². The minimum Gasteiger partial charge on any atom is -0.340 e. The largest absolute Gasteiger partial charge is 0.340 e. The molecular formula is C15H24N2O2S. The molecule has 1 aliphatic heterocycles. The Kier molecular flexibility index (Phi) is 3.98. The summed E-state index contributed by atoms with van der Waals surface area (Å²) in [6.45, 7) is 0.719. The van der Waals surface area contributed by atoms with Gasteiger partial charge in [0.25, 0.3) is 0 Å². The van der Waals surface area contributed by atoms with E-state index < -0.39 is 5.54 Å². The molecule has 3 aliphatic rings. The molecule has 0 aromatic rings. The van der Waals surface area contributed by atoms with Crippen molar-refractivity contribution < 1.29 is 9.59 Å². The van der Waals surface area contributed by atoms with Gasteiger partial charge in [-0.25, -0.2) is 0 Å². The first kappa shape index (κ1) is 14.2. The molecule has 0 aromatic heterocycles.